The molecule has 9 heteroatoms. The standard InChI is InChI=1S/C16H13BrN6O2/c1-2-25-16(24)13-12(17)11-14(20-7-21-15(11)23-13)22-9-3-8-4-18-6-10(8)19-5-9/h3-5,7H,2,6H2,1H3,(H2,20,21,22,23). The summed E-state index contributed by atoms with van der Waals surface area (Å²) in [6.45, 7) is 2.66. The van der Waals surface area contributed by atoms with E-state index in [4.69, 9.17) is 4.74 Å². The van der Waals surface area contributed by atoms with Crippen molar-refractivity contribution in [3.63, 3.8) is 0 Å². The maximum atomic E-state index is 12.1. The number of halogens is 1. The van der Waals surface area contributed by atoms with Crippen LogP contribution in [0.25, 0.3) is 11.0 Å². The first-order valence-electron chi connectivity index (χ1n) is 7.62. The van der Waals surface area contributed by atoms with Gasteiger partial charge in [-0.1, -0.05) is 0 Å². The number of aliphatic imine (C=N–C) groups is 1. The van der Waals surface area contributed by atoms with Crippen LogP contribution in [0.2, 0.25) is 0 Å². The number of esters is 1. The van der Waals surface area contributed by atoms with Crippen molar-refractivity contribution in [2.24, 2.45) is 4.99 Å². The summed E-state index contributed by atoms with van der Waals surface area (Å²) in [5.41, 5.74) is 3.54. The van der Waals surface area contributed by atoms with Crippen molar-refractivity contribution in [1.29, 1.82) is 0 Å². The van der Waals surface area contributed by atoms with E-state index < -0.39 is 5.97 Å². The van der Waals surface area contributed by atoms with Crippen molar-refractivity contribution in [3.05, 3.63) is 40.0 Å². The van der Waals surface area contributed by atoms with Crippen LogP contribution in [-0.4, -0.2) is 38.7 Å². The van der Waals surface area contributed by atoms with E-state index in [2.05, 4.69) is 46.2 Å². The fraction of sp³-hybridized carbons (Fsp3) is 0.188. The third-order valence-corrected chi connectivity index (χ3v) is 4.54. The summed E-state index contributed by atoms with van der Waals surface area (Å²) in [5.74, 6) is 0.106. The van der Waals surface area contributed by atoms with Gasteiger partial charge < -0.3 is 15.0 Å². The average Bonchev–Trinajstić information content (AvgIpc) is 3.20. The summed E-state index contributed by atoms with van der Waals surface area (Å²) in [5, 5.41) is 3.89. The number of hydrogen-bond acceptors (Lipinski definition) is 7. The second-order valence-corrected chi connectivity index (χ2v) is 6.13. The molecule has 1 aliphatic heterocycles. The Kier molecular flexibility index (Phi) is 3.92. The first-order chi connectivity index (χ1) is 12.2. The molecule has 126 valence electrons. The summed E-state index contributed by atoms with van der Waals surface area (Å²) in [4.78, 5) is 32.1. The van der Waals surface area contributed by atoms with Crippen LogP contribution in [0.3, 0.4) is 0 Å². The van der Waals surface area contributed by atoms with E-state index in [1.807, 2.05) is 6.07 Å². The highest BCUT2D eigenvalue weighted by Crippen LogP contribution is 2.33. The van der Waals surface area contributed by atoms with Crippen LogP contribution in [0, 0.1) is 0 Å². The molecule has 0 unspecified atom stereocenters. The fourth-order valence-electron chi connectivity index (χ4n) is 2.61. The molecular weight excluding hydrogens is 388 g/mol. The molecule has 3 aromatic rings. The van der Waals surface area contributed by atoms with Crippen LogP contribution in [0.1, 0.15) is 28.7 Å². The third kappa shape index (κ3) is 2.76. The van der Waals surface area contributed by atoms with Crippen LogP contribution in [-0.2, 0) is 11.3 Å². The van der Waals surface area contributed by atoms with Gasteiger partial charge in [0.05, 0.1) is 40.6 Å². The second kappa shape index (κ2) is 6.25. The zero-order valence-corrected chi connectivity index (χ0v) is 14.8. The van der Waals surface area contributed by atoms with Crippen LogP contribution >= 0.6 is 15.9 Å². The Morgan fingerprint density at radius 3 is 3.12 bits per heavy atom. The highest BCUT2D eigenvalue weighted by molar-refractivity contribution is 9.10. The SMILES string of the molecule is CCOC(=O)c1[nH]c2ncnc(Nc3cnc4c(c3)C=NC4)c2c1Br. The molecule has 0 atom stereocenters. The number of H-pyrrole nitrogens is 1. The number of rotatable bonds is 4. The number of fused-ring (bicyclic) bond motifs is 2. The largest absolute Gasteiger partial charge is 0.461 e. The highest BCUT2D eigenvalue weighted by Gasteiger charge is 2.21. The zero-order valence-electron chi connectivity index (χ0n) is 13.2. The minimum Gasteiger partial charge on any atom is -0.461 e. The Morgan fingerprint density at radius 2 is 2.28 bits per heavy atom. The minimum absolute atomic E-state index is 0.291. The minimum atomic E-state index is -0.450. The van der Waals surface area contributed by atoms with Gasteiger partial charge in [-0.15, -0.1) is 0 Å². The lowest BCUT2D eigenvalue weighted by Crippen LogP contribution is -2.05. The highest BCUT2D eigenvalue weighted by atomic mass is 79.9. The van der Waals surface area contributed by atoms with Gasteiger partial charge in [0, 0.05) is 11.8 Å². The first-order valence-corrected chi connectivity index (χ1v) is 8.41. The van der Waals surface area contributed by atoms with Gasteiger partial charge in [-0.3, -0.25) is 9.98 Å². The van der Waals surface area contributed by atoms with E-state index in [0.29, 0.717) is 40.2 Å². The Hall–Kier alpha value is -2.81. The normalized spacial score (nSPS) is 12.4. The summed E-state index contributed by atoms with van der Waals surface area (Å²) < 4.78 is 5.61. The second-order valence-electron chi connectivity index (χ2n) is 5.34. The summed E-state index contributed by atoms with van der Waals surface area (Å²) in [6.07, 6.45) is 4.95. The molecule has 0 spiro atoms. The van der Waals surface area contributed by atoms with Crippen LogP contribution in [0.5, 0.6) is 0 Å². The van der Waals surface area contributed by atoms with E-state index in [1.165, 1.54) is 6.33 Å². The number of pyridine rings is 1. The molecule has 0 aliphatic carbocycles. The van der Waals surface area contributed by atoms with Crippen molar-refractivity contribution in [1.82, 2.24) is 19.9 Å². The molecule has 25 heavy (non-hydrogen) atoms. The number of carbonyl (C=O) groups excluding carboxylic acids is 1. The molecule has 0 aromatic carbocycles. The van der Waals surface area contributed by atoms with E-state index in [0.717, 1.165) is 16.9 Å². The lowest BCUT2D eigenvalue weighted by molar-refractivity contribution is 0.0519. The molecule has 8 nitrogen and oxygen atoms in total. The maximum absolute atomic E-state index is 12.1. The summed E-state index contributed by atoms with van der Waals surface area (Å²) in [6, 6.07) is 1.96. The first kappa shape index (κ1) is 15.7. The summed E-state index contributed by atoms with van der Waals surface area (Å²) in [7, 11) is 0. The molecule has 0 saturated heterocycles. The van der Waals surface area contributed by atoms with E-state index in [9.17, 15) is 4.79 Å². The topological polar surface area (TPSA) is 105 Å². The van der Waals surface area contributed by atoms with Gasteiger partial charge in [-0.05, 0) is 28.9 Å². The fourth-order valence-corrected chi connectivity index (χ4v) is 3.25. The molecule has 4 heterocycles. The van der Waals surface area contributed by atoms with Gasteiger partial charge >= 0.3 is 5.97 Å². The number of ether oxygens (including phenoxy) is 1. The van der Waals surface area contributed by atoms with Crippen molar-refractivity contribution in [3.8, 4) is 0 Å². The van der Waals surface area contributed by atoms with Crippen molar-refractivity contribution < 1.29 is 9.53 Å². The van der Waals surface area contributed by atoms with Crippen molar-refractivity contribution in [2.75, 3.05) is 11.9 Å². The predicted octanol–water partition coefficient (Wildman–Crippen LogP) is 2.97. The van der Waals surface area contributed by atoms with E-state index in [-0.39, 0.29) is 0 Å². The lowest BCUT2D eigenvalue weighted by atomic mass is 10.2. The number of aromatic amines is 1. The Labute approximate surface area is 150 Å². The average molecular weight is 401 g/mol. The molecular formula is C16H13BrN6O2. The molecule has 1 aliphatic rings. The van der Waals surface area contributed by atoms with E-state index >= 15 is 0 Å². The van der Waals surface area contributed by atoms with Gasteiger partial charge in [0.15, 0.2) is 0 Å². The quantitative estimate of drug-likeness (QED) is 0.652. The Morgan fingerprint density at radius 1 is 1.40 bits per heavy atom. The van der Waals surface area contributed by atoms with Gasteiger partial charge in [0.1, 0.15) is 23.5 Å². The number of carbonyl (C=O) groups is 1. The number of nitrogens with zero attached hydrogens (tertiary/aromatic N) is 4. The molecule has 3 aromatic heterocycles. The molecule has 4 rings (SSSR count). The monoisotopic (exact) mass is 400 g/mol. The van der Waals surface area contributed by atoms with Crippen molar-refractivity contribution >= 4 is 50.7 Å². The number of anilines is 2. The van der Waals surface area contributed by atoms with Gasteiger partial charge in [0.2, 0.25) is 0 Å². The van der Waals surface area contributed by atoms with Crippen LogP contribution in [0.15, 0.2) is 28.1 Å². The summed E-state index contributed by atoms with van der Waals surface area (Å²) >= 11 is 3.45. The smallest absolute Gasteiger partial charge is 0.355 e. The Balaban J connectivity index is 1.75. The molecule has 0 radical (unpaired) electrons. The molecule has 0 fully saturated rings. The van der Waals surface area contributed by atoms with Gasteiger partial charge in [0.25, 0.3) is 0 Å². The molecule has 0 amide bonds. The van der Waals surface area contributed by atoms with Crippen molar-refractivity contribution in [2.45, 2.75) is 13.5 Å². The van der Waals surface area contributed by atoms with E-state index in [1.54, 1.807) is 19.3 Å². The number of aromatic nitrogens is 4. The lowest BCUT2D eigenvalue weighted by Gasteiger charge is -2.07. The third-order valence-electron chi connectivity index (χ3n) is 3.75. The van der Waals surface area contributed by atoms with Crippen LogP contribution < -0.4 is 5.32 Å². The molecule has 2 N–H and O–H groups in total. The number of hydrogen-bond donors (Lipinski definition) is 2. The van der Waals surface area contributed by atoms with Gasteiger partial charge in [-0.25, -0.2) is 14.8 Å². The van der Waals surface area contributed by atoms with Gasteiger partial charge in [-0.2, -0.15) is 0 Å². The maximum Gasteiger partial charge on any atom is 0.355 e. The molecule has 0 saturated carbocycles. The molecule has 0 bridgehead atoms. The number of nitrogens with one attached hydrogen (secondary N) is 2. The van der Waals surface area contributed by atoms with Crippen LogP contribution in [0.4, 0.5) is 11.5 Å². The Bertz CT molecular complexity index is 1010. The zero-order chi connectivity index (χ0) is 17.4. The predicted molar refractivity (Wildman–Crippen MR) is 96.4 cm³/mol.